The van der Waals surface area contributed by atoms with E-state index in [4.69, 9.17) is 4.74 Å². The lowest BCUT2D eigenvalue weighted by Crippen LogP contribution is -2.46. The Morgan fingerprint density at radius 1 is 1.15 bits per heavy atom. The van der Waals surface area contributed by atoms with E-state index < -0.39 is 28.8 Å². The van der Waals surface area contributed by atoms with Crippen molar-refractivity contribution in [2.24, 2.45) is 28.6 Å². The molecule has 0 heterocycles. The summed E-state index contributed by atoms with van der Waals surface area (Å²) in [7, 11) is 0. The Morgan fingerprint density at radius 2 is 1.78 bits per heavy atom. The van der Waals surface area contributed by atoms with E-state index in [2.05, 4.69) is 32.9 Å². The van der Waals surface area contributed by atoms with Gasteiger partial charge in [0.2, 0.25) is 0 Å². The fourth-order valence-corrected chi connectivity index (χ4v) is 6.37. The number of hydrogen-bond donors (Lipinski definition) is 3. The van der Waals surface area contributed by atoms with Crippen molar-refractivity contribution in [1.82, 2.24) is 0 Å². The van der Waals surface area contributed by atoms with Crippen molar-refractivity contribution in [3.63, 3.8) is 0 Å². The van der Waals surface area contributed by atoms with Crippen molar-refractivity contribution >= 4 is 5.97 Å². The first-order valence-electron chi connectivity index (χ1n) is 9.69. The Labute approximate surface area is 159 Å². The second-order valence-corrected chi connectivity index (χ2v) is 9.47. The van der Waals surface area contributed by atoms with E-state index in [1.807, 2.05) is 6.92 Å². The largest absolute Gasteiger partial charge is 0.504 e. The van der Waals surface area contributed by atoms with Crippen molar-refractivity contribution in [3.05, 3.63) is 29.8 Å². The first-order valence-corrected chi connectivity index (χ1v) is 9.69. The van der Waals surface area contributed by atoms with Gasteiger partial charge in [-0.3, -0.25) is 0 Å². The van der Waals surface area contributed by atoms with Gasteiger partial charge in [0.05, 0.1) is 5.56 Å². The molecule has 2 fully saturated rings. The molecule has 27 heavy (non-hydrogen) atoms. The van der Waals surface area contributed by atoms with Crippen molar-refractivity contribution in [2.45, 2.75) is 52.6 Å². The van der Waals surface area contributed by atoms with Gasteiger partial charge < -0.3 is 20.1 Å². The van der Waals surface area contributed by atoms with Crippen LogP contribution in [0.25, 0.3) is 0 Å². The smallest absolute Gasteiger partial charge is 0.338 e. The van der Waals surface area contributed by atoms with Gasteiger partial charge in [0.15, 0.2) is 17.2 Å². The number of hydrogen-bond acceptors (Lipinski definition) is 5. The zero-order chi connectivity index (χ0) is 19.8. The van der Waals surface area contributed by atoms with Crippen LogP contribution in [0.2, 0.25) is 0 Å². The Kier molecular flexibility index (Phi) is 3.66. The quantitative estimate of drug-likeness (QED) is 0.408. The molecule has 0 saturated heterocycles. The van der Waals surface area contributed by atoms with Crippen LogP contribution in [0.1, 0.15) is 57.3 Å². The van der Waals surface area contributed by atoms with Crippen LogP contribution in [-0.2, 0) is 4.74 Å². The summed E-state index contributed by atoms with van der Waals surface area (Å²) < 4.78 is 6.06. The Balaban J connectivity index is 1.69. The lowest BCUT2D eigenvalue weighted by atomic mass is 9.67. The van der Waals surface area contributed by atoms with Crippen molar-refractivity contribution in [3.8, 4) is 17.2 Å². The van der Waals surface area contributed by atoms with E-state index in [1.165, 1.54) is 0 Å². The number of phenols is 3. The van der Waals surface area contributed by atoms with Crippen LogP contribution < -0.4 is 0 Å². The first kappa shape index (κ1) is 18.2. The zero-order valence-corrected chi connectivity index (χ0v) is 16.3. The summed E-state index contributed by atoms with van der Waals surface area (Å²) in [5.41, 5.74) is -0.599. The molecule has 1 aromatic carbocycles. The fourth-order valence-electron chi connectivity index (χ4n) is 6.37. The molecule has 3 N–H and O–H groups in total. The number of esters is 1. The third-order valence-electron chi connectivity index (χ3n) is 7.88. The Morgan fingerprint density at radius 3 is 2.41 bits per heavy atom. The molecule has 5 atom stereocenters. The molecule has 5 heteroatoms. The molecule has 3 aliphatic carbocycles. The Hall–Kier alpha value is -2.17. The number of aromatic hydroxyl groups is 3. The molecular formula is C22H28O5. The van der Waals surface area contributed by atoms with Crippen molar-refractivity contribution in [1.29, 1.82) is 0 Å². The summed E-state index contributed by atoms with van der Waals surface area (Å²) in [6.07, 6.45) is 7.38. The average molecular weight is 372 g/mol. The number of phenolic OH excluding ortho intramolecular Hbond substituents is 3. The summed E-state index contributed by atoms with van der Waals surface area (Å²) >= 11 is 0. The van der Waals surface area contributed by atoms with E-state index in [-0.39, 0.29) is 16.4 Å². The number of carbonyl (C=O) groups is 1. The van der Waals surface area contributed by atoms with Crippen LogP contribution in [0.4, 0.5) is 0 Å². The minimum absolute atomic E-state index is 0.0332. The lowest BCUT2D eigenvalue weighted by molar-refractivity contribution is -0.0614. The number of benzene rings is 1. The molecule has 0 radical (unpaired) electrons. The molecule has 5 nitrogen and oxygen atoms in total. The van der Waals surface area contributed by atoms with Crippen molar-refractivity contribution in [2.75, 3.05) is 0 Å². The highest BCUT2D eigenvalue weighted by Crippen LogP contribution is 2.72. The van der Waals surface area contributed by atoms with Crippen LogP contribution in [-0.4, -0.2) is 26.9 Å². The van der Waals surface area contributed by atoms with E-state index >= 15 is 0 Å². The average Bonchev–Trinajstić information content (AvgIpc) is 2.97. The highest BCUT2D eigenvalue weighted by molar-refractivity contribution is 5.91. The number of fused-ring (bicyclic) bond motifs is 1. The third-order valence-corrected chi connectivity index (χ3v) is 7.88. The monoisotopic (exact) mass is 372 g/mol. The maximum absolute atomic E-state index is 12.8. The summed E-state index contributed by atoms with van der Waals surface area (Å²) in [4.78, 5) is 12.8. The predicted octanol–water partition coefficient (Wildman–Crippen LogP) is 4.37. The summed E-state index contributed by atoms with van der Waals surface area (Å²) in [6.45, 7) is 8.97. The van der Waals surface area contributed by atoms with Gasteiger partial charge in [-0.05, 0) is 61.5 Å². The Bertz CT molecular complexity index is 818. The maximum atomic E-state index is 12.8. The van der Waals surface area contributed by atoms with Gasteiger partial charge in [-0.15, -0.1) is 0 Å². The highest BCUT2D eigenvalue weighted by atomic mass is 16.6. The fraction of sp³-hybridized carbons (Fsp3) is 0.591. The second-order valence-electron chi connectivity index (χ2n) is 9.47. The van der Waals surface area contributed by atoms with Gasteiger partial charge in [-0.1, -0.05) is 32.9 Å². The van der Waals surface area contributed by atoms with E-state index in [1.54, 1.807) is 0 Å². The molecule has 4 rings (SSSR count). The van der Waals surface area contributed by atoms with Crippen LogP contribution in [0.5, 0.6) is 17.2 Å². The standard InChI is InChI=1S/C22H28O5/c1-12-5-8-22-11-14(12)20(2,3)17(22)6-7-21(22,4)27-19(26)13-9-15(23)18(25)16(24)10-13/h5,8-10,12,14,17,23-25H,6-7,11H2,1-4H3/t12-,14-,17+,21-,22+/m1/s1. The molecule has 2 bridgehead atoms. The van der Waals surface area contributed by atoms with Gasteiger partial charge >= 0.3 is 5.97 Å². The van der Waals surface area contributed by atoms with Crippen molar-refractivity contribution < 1.29 is 24.9 Å². The summed E-state index contributed by atoms with van der Waals surface area (Å²) in [6, 6.07) is 2.26. The van der Waals surface area contributed by atoms with Crippen LogP contribution in [0.15, 0.2) is 24.3 Å². The van der Waals surface area contributed by atoms with E-state index in [0.717, 1.165) is 31.4 Å². The summed E-state index contributed by atoms with van der Waals surface area (Å²) in [5, 5.41) is 28.9. The van der Waals surface area contributed by atoms with Gasteiger partial charge in [0.25, 0.3) is 0 Å². The van der Waals surface area contributed by atoms with E-state index in [9.17, 15) is 20.1 Å². The van der Waals surface area contributed by atoms with Gasteiger partial charge in [0.1, 0.15) is 5.60 Å². The molecule has 1 aromatic rings. The molecule has 146 valence electrons. The van der Waals surface area contributed by atoms with Gasteiger partial charge in [0, 0.05) is 5.41 Å². The zero-order valence-electron chi connectivity index (χ0n) is 16.3. The second kappa shape index (κ2) is 5.43. The molecule has 0 unspecified atom stereocenters. The molecule has 2 saturated carbocycles. The number of allylic oxidation sites excluding steroid dienone is 1. The maximum Gasteiger partial charge on any atom is 0.338 e. The minimum atomic E-state index is -0.638. The van der Waals surface area contributed by atoms with E-state index in [0.29, 0.717) is 17.8 Å². The third kappa shape index (κ3) is 2.26. The minimum Gasteiger partial charge on any atom is -0.504 e. The van der Waals surface area contributed by atoms with Crippen LogP contribution in [0.3, 0.4) is 0 Å². The summed E-state index contributed by atoms with van der Waals surface area (Å²) in [5.74, 6) is -0.773. The molecule has 1 spiro atoms. The topological polar surface area (TPSA) is 87.0 Å². The SMILES string of the molecule is C[C@@H]1C=C[C@]23C[C@H]1C(C)(C)[C@@H]2CC[C@@]3(C)OC(=O)c1cc(O)c(O)c(O)c1. The predicted molar refractivity (Wildman–Crippen MR) is 101 cm³/mol. The molecule has 0 aromatic heterocycles. The van der Waals surface area contributed by atoms with Crippen LogP contribution >= 0.6 is 0 Å². The number of rotatable bonds is 2. The first-order chi connectivity index (χ1) is 12.5. The highest BCUT2D eigenvalue weighted by Gasteiger charge is 2.69. The molecule has 0 amide bonds. The lowest BCUT2D eigenvalue weighted by Gasteiger charge is -2.43. The normalized spacial score (nSPS) is 38.6. The number of carbonyl (C=O) groups excluding carboxylic acids is 1. The molecule has 3 aliphatic rings. The number of ether oxygens (including phenoxy) is 1. The van der Waals surface area contributed by atoms with Gasteiger partial charge in [-0.2, -0.15) is 0 Å². The molecular weight excluding hydrogens is 344 g/mol. The molecule has 0 aliphatic heterocycles. The van der Waals surface area contributed by atoms with Crippen LogP contribution in [0, 0.1) is 28.6 Å². The van der Waals surface area contributed by atoms with Gasteiger partial charge in [-0.25, -0.2) is 4.79 Å².